The number of benzene rings is 2. The highest BCUT2D eigenvalue weighted by atomic mass is 32.2. The summed E-state index contributed by atoms with van der Waals surface area (Å²) in [6.07, 6.45) is 0. The summed E-state index contributed by atoms with van der Waals surface area (Å²) in [6.45, 7) is 6.63. The molecular weight excluding hydrogens is 332 g/mol. The molecule has 3 rings (SSSR count). The minimum atomic E-state index is 0.988. The topological polar surface area (TPSA) is 27.0 Å². The highest BCUT2D eigenvalue weighted by molar-refractivity contribution is 8.03. The number of nitriles is 1. The van der Waals surface area contributed by atoms with Gasteiger partial charge in [-0.3, -0.25) is 0 Å². The molecule has 0 spiro atoms. The van der Waals surface area contributed by atoms with Crippen LogP contribution in [0.2, 0.25) is 0 Å². The average molecular weight is 353 g/mol. The molecule has 0 aliphatic heterocycles. The maximum atomic E-state index is 8.79. The molecule has 2 nitrogen and oxygen atoms in total. The summed E-state index contributed by atoms with van der Waals surface area (Å²) >= 11 is 3.07. The van der Waals surface area contributed by atoms with Crippen molar-refractivity contribution in [3.05, 3.63) is 47.0 Å². The molecule has 0 bridgehead atoms. The molecule has 3 aromatic rings. The minimum Gasteiger partial charge on any atom is -0.377 e. The quantitative estimate of drug-likeness (QED) is 0.419. The Morgan fingerprint density at radius 2 is 1.71 bits per heavy atom. The van der Waals surface area contributed by atoms with Crippen LogP contribution in [-0.2, 0) is 0 Å². The Labute approximate surface area is 151 Å². The van der Waals surface area contributed by atoms with Crippen molar-refractivity contribution >= 4 is 38.9 Å². The zero-order valence-electron chi connectivity index (χ0n) is 14.6. The Kier molecular flexibility index (Phi) is 4.58. The van der Waals surface area contributed by atoms with Gasteiger partial charge in [-0.25, -0.2) is 0 Å². The number of thiophene rings is 1. The van der Waals surface area contributed by atoms with E-state index in [2.05, 4.69) is 63.4 Å². The van der Waals surface area contributed by atoms with E-state index in [1.807, 2.05) is 23.5 Å². The molecule has 0 atom stereocenters. The van der Waals surface area contributed by atoms with E-state index < -0.39 is 0 Å². The van der Waals surface area contributed by atoms with Crippen LogP contribution in [-0.4, -0.2) is 14.1 Å². The van der Waals surface area contributed by atoms with Gasteiger partial charge < -0.3 is 4.90 Å². The Morgan fingerprint density at radius 1 is 1.04 bits per heavy atom. The standard InChI is InChI=1S/C20H20N2S2/c1-12-10-17(22(4)5)13(2)18-14(3)20(24-19(12)18)15-6-8-16(9-7-15)23-11-21/h6-10H,1-5H3. The molecule has 0 unspecified atom stereocenters. The maximum Gasteiger partial charge on any atom is 0.138 e. The van der Waals surface area contributed by atoms with Crippen molar-refractivity contribution in [1.82, 2.24) is 0 Å². The lowest BCUT2D eigenvalue weighted by Crippen LogP contribution is -2.10. The van der Waals surface area contributed by atoms with Crippen LogP contribution >= 0.6 is 23.1 Å². The molecule has 0 saturated heterocycles. The van der Waals surface area contributed by atoms with Gasteiger partial charge in [-0.2, -0.15) is 5.26 Å². The lowest BCUT2D eigenvalue weighted by molar-refractivity contribution is 1.12. The number of thiocyanates is 1. The lowest BCUT2D eigenvalue weighted by Gasteiger charge is -2.18. The van der Waals surface area contributed by atoms with Gasteiger partial charge in [0.05, 0.1) is 0 Å². The van der Waals surface area contributed by atoms with Gasteiger partial charge in [-0.05, 0) is 73.0 Å². The van der Waals surface area contributed by atoms with Crippen molar-refractivity contribution in [3.8, 4) is 15.8 Å². The third kappa shape index (κ3) is 2.79. The fourth-order valence-corrected chi connectivity index (χ4v) is 4.94. The monoisotopic (exact) mass is 352 g/mol. The molecule has 0 fully saturated rings. The van der Waals surface area contributed by atoms with Crippen molar-refractivity contribution in [2.75, 3.05) is 19.0 Å². The van der Waals surface area contributed by atoms with Gasteiger partial charge in [0, 0.05) is 39.6 Å². The van der Waals surface area contributed by atoms with E-state index in [-0.39, 0.29) is 0 Å². The summed E-state index contributed by atoms with van der Waals surface area (Å²) in [5.41, 5.74) is 6.53. The van der Waals surface area contributed by atoms with Gasteiger partial charge >= 0.3 is 0 Å². The van der Waals surface area contributed by atoms with Gasteiger partial charge in [-0.1, -0.05) is 12.1 Å². The first kappa shape index (κ1) is 16.9. The Balaban J connectivity index is 2.20. The first-order valence-corrected chi connectivity index (χ1v) is 9.44. The van der Waals surface area contributed by atoms with E-state index in [0.29, 0.717) is 0 Å². The number of aryl methyl sites for hydroxylation is 3. The third-order valence-electron chi connectivity index (χ3n) is 4.38. The Bertz CT molecular complexity index is 945. The van der Waals surface area contributed by atoms with Crippen LogP contribution in [0.3, 0.4) is 0 Å². The smallest absolute Gasteiger partial charge is 0.138 e. The van der Waals surface area contributed by atoms with Gasteiger partial charge in [0.2, 0.25) is 0 Å². The van der Waals surface area contributed by atoms with Gasteiger partial charge in [0.25, 0.3) is 0 Å². The highest BCUT2D eigenvalue weighted by Gasteiger charge is 2.17. The molecule has 1 aromatic heterocycles. The first-order chi connectivity index (χ1) is 11.4. The molecule has 0 aliphatic rings. The molecular formula is C20H20N2S2. The zero-order valence-corrected chi connectivity index (χ0v) is 16.2. The third-order valence-corrected chi connectivity index (χ3v) is 6.45. The van der Waals surface area contributed by atoms with Crippen LogP contribution in [0, 0.1) is 31.4 Å². The predicted molar refractivity (Wildman–Crippen MR) is 107 cm³/mol. The van der Waals surface area contributed by atoms with Crippen LogP contribution in [0.1, 0.15) is 16.7 Å². The molecule has 0 N–H and O–H groups in total. The number of nitrogens with zero attached hydrogens (tertiary/aromatic N) is 2. The van der Waals surface area contributed by atoms with Crippen LogP contribution in [0.5, 0.6) is 0 Å². The van der Waals surface area contributed by atoms with E-state index in [4.69, 9.17) is 5.26 Å². The molecule has 122 valence electrons. The van der Waals surface area contributed by atoms with Crippen LogP contribution in [0.15, 0.2) is 35.2 Å². The van der Waals surface area contributed by atoms with Crippen molar-refractivity contribution in [2.45, 2.75) is 25.7 Å². The molecule has 0 amide bonds. The number of hydrogen-bond acceptors (Lipinski definition) is 4. The normalized spacial score (nSPS) is 10.8. The summed E-state index contributed by atoms with van der Waals surface area (Å²) in [7, 11) is 4.20. The van der Waals surface area contributed by atoms with E-state index in [9.17, 15) is 0 Å². The molecule has 0 aliphatic carbocycles. The predicted octanol–water partition coefficient (Wildman–Crippen LogP) is 6.13. The van der Waals surface area contributed by atoms with Crippen molar-refractivity contribution < 1.29 is 0 Å². The highest BCUT2D eigenvalue weighted by Crippen LogP contribution is 2.43. The summed E-state index contributed by atoms with van der Waals surface area (Å²) < 4.78 is 1.38. The molecule has 0 radical (unpaired) electrons. The van der Waals surface area contributed by atoms with Gasteiger partial charge in [0.15, 0.2) is 0 Å². The Morgan fingerprint density at radius 3 is 2.29 bits per heavy atom. The summed E-state index contributed by atoms with van der Waals surface area (Å²) in [4.78, 5) is 4.50. The van der Waals surface area contributed by atoms with Crippen molar-refractivity contribution in [3.63, 3.8) is 0 Å². The number of fused-ring (bicyclic) bond motifs is 1. The molecule has 24 heavy (non-hydrogen) atoms. The van der Waals surface area contributed by atoms with E-state index in [0.717, 1.165) is 4.90 Å². The van der Waals surface area contributed by atoms with E-state index in [1.165, 1.54) is 54.7 Å². The van der Waals surface area contributed by atoms with Crippen LogP contribution < -0.4 is 4.90 Å². The molecule has 4 heteroatoms. The second-order valence-corrected chi connectivity index (χ2v) is 8.09. The second-order valence-electron chi connectivity index (χ2n) is 6.21. The SMILES string of the molecule is Cc1cc(N(C)C)c(C)c2c(C)c(-c3ccc(SC#N)cc3)sc12. The van der Waals surface area contributed by atoms with Crippen LogP contribution in [0.4, 0.5) is 5.69 Å². The average Bonchev–Trinajstić information content (AvgIpc) is 2.90. The van der Waals surface area contributed by atoms with E-state index >= 15 is 0 Å². The number of anilines is 1. The number of hydrogen-bond donors (Lipinski definition) is 0. The summed E-state index contributed by atoms with van der Waals surface area (Å²) in [5.74, 6) is 0. The molecule has 0 saturated carbocycles. The zero-order chi connectivity index (χ0) is 17.4. The molecule has 1 heterocycles. The first-order valence-electron chi connectivity index (χ1n) is 7.81. The fourth-order valence-electron chi connectivity index (χ4n) is 3.22. The lowest BCUT2D eigenvalue weighted by atomic mass is 10.00. The Hall–Kier alpha value is -1.96. The van der Waals surface area contributed by atoms with Crippen molar-refractivity contribution in [2.24, 2.45) is 0 Å². The van der Waals surface area contributed by atoms with E-state index in [1.54, 1.807) is 0 Å². The largest absolute Gasteiger partial charge is 0.377 e. The summed E-state index contributed by atoms with van der Waals surface area (Å²) in [5, 5.41) is 12.3. The van der Waals surface area contributed by atoms with Crippen molar-refractivity contribution in [1.29, 1.82) is 5.26 Å². The number of thioether (sulfide) groups is 1. The summed E-state index contributed by atoms with van der Waals surface area (Å²) in [6, 6.07) is 10.6. The second kappa shape index (κ2) is 6.51. The van der Waals surface area contributed by atoms with Crippen LogP contribution in [0.25, 0.3) is 20.5 Å². The molecule has 2 aromatic carbocycles. The van der Waals surface area contributed by atoms with Gasteiger partial charge in [0.1, 0.15) is 5.40 Å². The maximum absolute atomic E-state index is 8.79. The fraction of sp³-hybridized carbons (Fsp3) is 0.250. The minimum absolute atomic E-state index is 0.988. The number of rotatable bonds is 3. The van der Waals surface area contributed by atoms with Gasteiger partial charge in [-0.15, -0.1) is 11.3 Å².